The monoisotopic (exact) mass is 334 g/mol. The summed E-state index contributed by atoms with van der Waals surface area (Å²) in [6, 6.07) is 12.2. The summed E-state index contributed by atoms with van der Waals surface area (Å²) < 4.78 is 7.27. The summed E-state index contributed by atoms with van der Waals surface area (Å²) in [6.07, 6.45) is 4.45. The minimum Gasteiger partial charge on any atom is -0.352 e. The van der Waals surface area contributed by atoms with E-state index in [1.807, 2.05) is 19.1 Å². The third-order valence-electron chi connectivity index (χ3n) is 4.31. The van der Waals surface area contributed by atoms with Crippen LogP contribution in [-0.2, 0) is 6.54 Å². The van der Waals surface area contributed by atoms with Gasteiger partial charge in [-0.1, -0.05) is 23.4 Å². The molecule has 0 radical (unpaired) electrons. The van der Waals surface area contributed by atoms with E-state index in [0.29, 0.717) is 17.8 Å². The lowest BCUT2D eigenvalue weighted by Gasteiger charge is -2.07. The fraction of sp³-hybridized carbons (Fsp3) is 0.211. The molecule has 3 heterocycles. The Morgan fingerprint density at radius 3 is 3.08 bits per heavy atom. The second-order valence-electron chi connectivity index (χ2n) is 6.02. The lowest BCUT2D eigenvalue weighted by Crippen LogP contribution is -2.25. The van der Waals surface area contributed by atoms with Crippen molar-refractivity contribution in [3.8, 4) is 0 Å². The first-order valence-electron chi connectivity index (χ1n) is 8.26. The van der Waals surface area contributed by atoms with Crippen molar-refractivity contribution in [3.63, 3.8) is 0 Å². The van der Waals surface area contributed by atoms with Gasteiger partial charge >= 0.3 is 0 Å². The number of carbonyl (C=O) groups excluding carboxylic acids is 1. The van der Waals surface area contributed by atoms with Crippen molar-refractivity contribution in [2.75, 3.05) is 6.54 Å². The molecule has 1 aromatic carbocycles. The van der Waals surface area contributed by atoms with Gasteiger partial charge in [0.1, 0.15) is 0 Å². The van der Waals surface area contributed by atoms with E-state index in [1.165, 1.54) is 17.1 Å². The Labute approximate surface area is 144 Å². The number of pyridine rings is 1. The molecule has 0 bridgehead atoms. The molecule has 0 fully saturated rings. The second kappa shape index (κ2) is 6.39. The number of nitrogens with zero attached hydrogens (tertiary/aromatic N) is 3. The average Bonchev–Trinajstić information content (AvgIpc) is 3.22. The van der Waals surface area contributed by atoms with Crippen LogP contribution >= 0.6 is 0 Å². The van der Waals surface area contributed by atoms with Crippen LogP contribution in [0.2, 0.25) is 0 Å². The van der Waals surface area contributed by atoms with Crippen LogP contribution in [0.15, 0.2) is 53.3 Å². The Morgan fingerprint density at radius 1 is 1.28 bits per heavy atom. The quantitative estimate of drug-likeness (QED) is 0.568. The average molecular weight is 334 g/mol. The number of benzene rings is 1. The molecule has 6 heteroatoms. The molecule has 0 aliphatic rings. The molecule has 0 saturated heterocycles. The van der Waals surface area contributed by atoms with Crippen LogP contribution in [0, 0.1) is 6.92 Å². The van der Waals surface area contributed by atoms with E-state index in [0.717, 1.165) is 24.0 Å². The number of fused-ring (bicyclic) bond motifs is 2. The highest BCUT2D eigenvalue weighted by atomic mass is 16.5. The van der Waals surface area contributed by atoms with Crippen molar-refractivity contribution in [2.24, 2.45) is 0 Å². The molecule has 1 N–H and O–H groups in total. The molecular formula is C19H18N4O2. The van der Waals surface area contributed by atoms with E-state index in [1.54, 1.807) is 6.07 Å². The zero-order valence-corrected chi connectivity index (χ0v) is 13.9. The zero-order chi connectivity index (χ0) is 17.2. The molecule has 0 aliphatic heterocycles. The fourth-order valence-corrected chi connectivity index (χ4v) is 2.96. The Hall–Kier alpha value is -3.15. The summed E-state index contributed by atoms with van der Waals surface area (Å²) in [6.45, 7) is 3.29. The Balaban J connectivity index is 1.36. The van der Waals surface area contributed by atoms with Crippen LogP contribution in [-0.4, -0.2) is 27.2 Å². The Kier molecular flexibility index (Phi) is 3.93. The van der Waals surface area contributed by atoms with Crippen molar-refractivity contribution in [3.05, 3.63) is 60.0 Å². The molecule has 0 atom stereocenters. The van der Waals surface area contributed by atoms with Crippen LogP contribution in [0.5, 0.6) is 0 Å². The minimum atomic E-state index is -0.132. The first-order valence-corrected chi connectivity index (χ1v) is 8.26. The predicted molar refractivity (Wildman–Crippen MR) is 95.4 cm³/mol. The van der Waals surface area contributed by atoms with Gasteiger partial charge in [0, 0.05) is 31.0 Å². The summed E-state index contributed by atoms with van der Waals surface area (Å²) in [7, 11) is 0. The molecule has 1 amide bonds. The number of para-hydroxylation sites is 1. The molecule has 4 aromatic rings. The number of aryl methyl sites for hydroxylation is 2. The molecule has 0 spiro atoms. The molecule has 25 heavy (non-hydrogen) atoms. The molecule has 0 unspecified atom stereocenters. The lowest BCUT2D eigenvalue weighted by molar-refractivity contribution is 0.0952. The third kappa shape index (κ3) is 2.98. The van der Waals surface area contributed by atoms with Gasteiger partial charge in [0.25, 0.3) is 11.6 Å². The van der Waals surface area contributed by atoms with Crippen LogP contribution in [0.1, 0.15) is 22.5 Å². The Bertz CT molecular complexity index is 1050. The smallest absolute Gasteiger partial charge is 0.257 e. The predicted octanol–water partition coefficient (Wildman–Crippen LogP) is 3.31. The number of rotatable bonds is 5. The molecule has 3 aromatic heterocycles. The van der Waals surface area contributed by atoms with Crippen molar-refractivity contribution in [2.45, 2.75) is 19.9 Å². The van der Waals surface area contributed by atoms with Crippen LogP contribution in [0.25, 0.3) is 22.0 Å². The normalized spacial score (nSPS) is 11.2. The molecular weight excluding hydrogens is 316 g/mol. The van der Waals surface area contributed by atoms with Gasteiger partial charge in [-0.2, -0.15) is 0 Å². The van der Waals surface area contributed by atoms with Crippen molar-refractivity contribution in [1.29, 1.82) is 0 Å². The summed E-state index contributed by atoms with van der Waals surface area (Å²) in [5, 5.41) is 8.80. The first-order chi connectivity index (χ1) is 12.2. The maximum Gasteiger partial charge on any atom is 0.257 e. The van der Waals surface area contributed by atoms with Crippen LogP contribution in [0.4, 0.5) is 0 Å². The van der Waals surface area contributed by atoms with E-state index >= 15 is 0 Å². The lowest BCUT2D eigenvalue weighted by atomic mass is 10.2. The second-order valence-corrected chi connectivity index (χ2v) is 6.02. The highest BCUT2D eigenvalue weighted by Crippen LogP contribution is 2.17. The standard InChI is InChI=1S/C19H18N4O2/c1-13-16-11-15(12-21-19(16)25-22-13)18(24)20-8-4-9-23-10-7-14-5-2-3-6-17(14)23/h2-3,5-7,10-12H,4,8-9H2,1H3,(H,20,24). The van der Waals surface area contributed by atoms with Crippen molar-refractivity contribution >= 4 is 27.9 Å². The number of carbonyl (C=O) groups is 1. The molecule has 0 saturated carbocycles. The zero-order valence-electron chi connectivity index (χ0n) is 13.9. The Morgan fingerprint density at radius 2 is 2.16 bits per heavy atom. The van der Waals surface area contributed by atoms with E-state index in [-0.39, 0.29) is 5.91 Å². The summed E-state index contributed by atoms with van der Waals surface area (Å²) >= 11 is 0. The molecule has 0 aliphatic carbocycles. The number of aromatic nitrogens is 3. The minimum absolute atomic E-state index is 0.132. The van der Waals surface area contributed by atoms with E-state index < -0.39 is 0 Å². The molecule has 6 nitrogen and oxygen atoms in total. The van der Waals surface area contributed by atoms with Gasteiger partial charge in [0.05, 0.1) is 16.6 Å². The van der Waals surface area contributed by atoms with Gasteiger partial charge in [-0.15, -0.1) is 0 Å². The van der Waals surface area contributed by atoms with Gasteiger partial charge in [-0.05, 0) is 36.9 Å². The maximum atomic E-state index is 12.3. The van der Waals surface area contributed by atoms with E-state index in [4.69, 9.17) is 4.52 Å². The van der Waals surface area contributed by atoms with Gasteiger partial charge in [-0.25, -0.2) is 4.98 Å². The highest BCUT2D eigenvalue weighted by molar-refractivity contribution is 5.96. The van der Waals surface area contributed by atoms with E-state index in [2.05, 4.69) is 44.4 Å². The van der Waals surface area contributed by atoms with Crippen LogP contribution < -0.4 is 5.32 Å². The van der Waals surface area contributed by atoms with Gasteiger partial charge < -0.3 is 14.4 Å². The number of hydrogen-bond donors (Lipinski definition) is 1. The first kappa shape index (κ1) is 15.4. The summed E-state index contributed by atoms with van der Waals surface area (Å²) in [4.78, 5) is 16.4. The van der Waals surface area contributed by atoms with Crippen LogP contribution in [0.3, 0.4) is 0 Å². The van der Waals surface area contributed by atoms with Crippen molar-refractivity contribution < 1.29 is 9.32 Å². The summed E-state index contributed by atoms with van der Waals surface area (Å²) in [5.74, 6) is -0.132. The third-order valence-corrected chi connectivity index (χ3v) is 4.31. The number of hydrogen-bond acceptors (Lipinski definition) is 4. The van der Waals surface area contributed by atoms with Gasteiger partial charge in [-0.3, -0.25) is 4.79 Å². The largest absolute Gasteiger partial charge is 0.352 e. The van der Waals surface area contributed by atoms with Gasteiger partial charge in [0.2, 0.25) is 0 Å². The van der Waals surface area contributed by atoms with Gasteiger partial charge in [0.15, 0.2) is 0 Å². The molecule has 126 valence electrons. The topological polar surface area (TPSA) is 72.9 Å². The van der Waals surface area contributed by atoms with Crippen molar-refractivity contribution in [1.82, 2.24) is 20.0 Å². The number of amides is 1. The summed E-state index contributed by atoms with van der Waals surface area (Å²) in [5.41, 5.74) is 2.92. The van der Waals surface area contributed by atoms with E-state index in [9.17, 15) is 4.79 Å². The molecule has 4 rings (SSSR count). The SMILES string of the molecule is Cc1noc2ncc(C(=O)NCCCn3ccc4ccccc43)cc12. The fourth-order valence-electron chi connectivity index (χ4n) is 2.96. The number of nitrogens with one attached hydrogen (secondary N) is 1. The highest BCUT2D eigenvalue weighted by Gasteiger charge is 2.11. The maximum absolute atomic E-state index is 12.3.